The fraction of sp³-hybridized carbons (Fsp3) is 0.379. The molecule has 2 atom stereocenters. The van der Waals surface area contributed by atoms with Crippen molar-refractivity contribution in [1.82, 2.24) is 0 Å². The number of benzene rings is 3. The van der Waals surface area contributed by atoms with Gasteiger partial charge < -0.3 is 0 Å². The van der Waals surface area contributed by atoms with E-state index < -0.39 is 7.26 Å². The molecule has 0 radical (unpaired) electrons. The zero-order valence-corrected chi connectivity index (χ0v) is 19.9. The second-order valence-corrected chi connectivity index (χ2v) is 12.5. The second-order valence-electron chi connectivity index (χ2n) is 8.92. The van der Waals surface area contributed by atoms with Crippen molar-refractivity contribution in [2.45, 2.75) is 52.9 Å². The molecule has 0 heterocycles. The Morgan fingerprint density at radius 1 is 0.600 bits per heavy atom. The van der Waals surface area contributed by atoms with E-state index >= 15 is 0 Å². The number of hydrogen-bond acceptors (Lipinski definition) is 0. The third-order valence-electron chi connectivity index (χ3n) is 6.40. The van der Waals surface area contributed by atoms with Crippen LogP contribution >= 0.6 is 7.26 Å². The largest absolute Gasteiger partial charge is 0.112 e. The predicted molar refractivity (Wildman–Crippen MR) is 137 cm³/mol. The van der Waals surface area contributed by atoms with Crippen LogP contribution in [0.5, 0.6) is 0 Å². The zero-order chi connectivity index (χ0) is 21.2. The maximum Gasteiger partial charge on any atom is 0.112 e. The third kappa shape index (κ3) is 5.61. The molecule has 3 rings (SSSR count). The first-order chi connectivity index (χ1) is 14.7. The van der Waals surface area contributed by atoms with Gasteiger partial charge in [0.2, 0.25) is 0 Å². The van der Waals surface area contributed by atoms with E-state index in [0.29, 0.717) is 0 Å². The molecule has 0 unspecified atom stereocenters. The van der Waals surface area contributed by atoms with Crippen LogP contribution in [0.1, 0.15) is 52.9 Å². The van der Waals surface area contributed by atoms with Gasteiger partial charge in [0.1, 0.15) is 23.2 Å². The quantitative estimate of drug-likeness (QED) is 0.289. The SMILES string of the molecule is CCCC[C@H](C)C[C@H](C)CC[P+](c1ccccc1)(c1ccccc1)c1ccccc1. The van der Waals surface area contributed by atoms with Crippen molar-refractivity contribution >= 4 is 23.2 Å². The maximum atomic E-state index is 2.47. The number of rotatable bonds is 11. The topological polar surface area (TPSA) is 0 Å². The summed E-state index contributed by atoms with van der Waals surface area (Å²) >= 11 is 0. The molecule has 0 aliphatic heterocycles. The highest BCUT2D eigenvalue weighted by molar-refractivity contribution is 7.95. The van der Waals surface area contributed by atoms with Gasteiger partial charge in [0.05, 0.1) is 6.16 Å². The van der Waals surface area contributed by atoms with Gasteiger partial charge in [0.25, 0.3) is 0 Å². The summed E-state index contributed by atoms with van der Waals surface area (Å²) in [6.45, 7) is 7.22. The van der Waals surface area contributed by atoms with Gasteiger partial charge in [0.15, 0.2) is 0 Å². The van der Waals surface area contributed by atoms with Gasteiger partial charge in [-0.3, -0.25) is 0 Å². The summed E-state index contributed by atoms with van der Waals surface area (Å²) in [5, 5.41) is 4.52. The molecule has 158 valence electrons. The number of unbranched alkanes of at least 4 members (excludes halogenated alkanes) is 1. The van der Waals surface area contributed by atoms with E-state index in [9.17, 15) is 0 Å². The summed E-state index contributed by atoms with van der Waals surface area (Å²) in [5.74, 6) is 1.59. The van der Waals surface area contributed by atoms with E-state index in [1.807, 2.05) is 0 Å². The van der Waals surface area contributed by atoms with Crippen molar-refractivity contribution in [2.75, 3.05) is 6.16 Å². The predicted octanol–water partition coefficient (Wildman–Crippen LogP) is 7.22. The minimum atomic E-state index is -1.67. The highest BCUT2D eigenvalue weighted by Crippen LogP contribution is 2.56. The van der Waals surface area contributed by atoms with E-state index in [1.54, 1.807) is 0 Å². The summed E-state index contributed by atoms with van der Waals surface area (Å²) in [6.07, 6.45) is 7.91. The Balaban J connectivity index is 1.95. The normalized spacial score (nSPS) is 13.7. The van der Waals surface area contributed by atoms with Crippen molar-refractivity contribution in [3.8, 4) is 0 Å². The van der Waals surface area contributed by atoms with Crippen molar-refractivity contribution in [2.24, 2.45) is 11.8 Å². The minimum Gasteiger partial charge on any atom is -0.0654 e. The van der Waals surface area contributed by atoms with E-state index in [2.05, 4.69) is 112 Å². The van der Waals surface area contributed by atoms with Crippen LogP contribution in [0, 0.1) is 11.8 Å². The van der Waals surface area contributed by atoms with Crippen LogP contribution in [0.2, 0.25) is 0 Å². The monoisotopic (exact) mass is 417 g/mol. The number of hydrogen-bond donors (Lipinski definition) is 0. The standard InChI is InChI=1S/C29H38P/c1-4-5-15-25(2)24-26(3)22-23-30(27-16-9-6-10-17-27,28-18-11-7-12-19-28)29-20-13-8-14-21-29/h6-14,16-21,25-26H,4-5,15,22-24H2,1-3H3/q+1/t25-,26+/m0/s1. The van der Waals surface area contributed by atoms with Crippen LogP contribution in [0.15, 0.2) is 91.0 Å². The fourth-order valence-electron chi connectivity index (χ4n) is 4.77. The Hall–Kier alpha value is -1.91. The molecule has 0 N–H and O–H groups in total. The van der Waals surface area contributed by atoms with Crippen LogP contribution in [-0.4, -0.2) is 6.16 Å². The second kappa shape index (κ2) is 11.5. The van der Waals surface area contributed by atoms with Crippen LogP contribution in [0.4, 0.5) is 0 Å². The fourth-order valence-corrected chi connectivity index (χ4v) is 9.31. The lowest BCUT2D eigenvalue weighted by Gasteiger charge is -2.29. The van der Waals surface area contributed by atoms with Gasteiger partial charge in [-0.15, -0.1) is 0 Å². The van der Waals surface area contributed by atoms with E-state index in [1.165, 1.54) is 54.2 Å². The molecular weight excluding hydrogens is 379 g/mol. The first kappa shape index (κ1) is 22.8. The molecule has 3 aromatic rings. The first-order valence-corrected chi connectivity index (χ1v) is 13.7. The Labute approximate surface area is 185 Å². The molecule has 0 fully saturated rings. The molecule has 3 aromatic carbocycles. The lowest BCUT2D eigenvalue weighted by atomic mass is 9.92. The lowest BCUT2D eigenvalue weighted by Crippen LogP contribution is -2.33. The van der Waals surface area contributed by atoms with Gasteiger partial charge in [0, 0.05) is 0 Å². The molecule has 0 nitrogen and oxygen atoms in total. The zero-order valence-electron chi connectivity index (χ0n) is 19.0. The molecule has 0 spiro atoms. The Morgan fingerprint density at radius 2 is 1.00 bits per heavy atom. The Bertz CT molecular complexity index is 745. The van der Waals surface area contributed by atoms with Crippen molar-refractivity contribution in [3.05, 3.63) is 91.0 Å². The highest BCUT2D eigenvalue weighted by atomic mass is 31.2. The van der Waals surface area contributed by atoms with E-state index in [-0.39, 0.29) is 0 Å². The van der Waals surface area contributed by atoms with Gasteiger partial charge in [-0.05, 0) is 61.1 Å². The summed E-state index contributed by atoms with van der Waals surface area (Å²) in [5.41, 5.74) is 0. The van der Waals surface area contributed by atoms with Crippen molar-refractivity contribution in [1.29, 1.82) is 0 Å². The smallest absolute Gasteiger partial charge is 0.0654 e. The molecule has 0 aromatic heterocycles. The average molecular weight is 418 g/mol. The lowest BCUT2D eigenvalue weighted by molar-refractivity contribution is 0.380. The van der Waals surface area contributed by atoms with Gasteiger partial charge in [-0.25, -0.2) is 0 Å². The Morgan fingerprint density at radius 3 is 1.40 bits per heavy atom. The van der Waals surface area contributed by atoms with Crippen LogP contribution in [-0.2, 0) is 0 Å². The van der Waals surface area contributed by atoms with Crippen LogP contribution in [0.3, 0.4) is 0 Å². The van der Waals surface area contributed by atoms with Gasteiger partial charge in [-0.1, -0.05) is 94.6 Å². The third-order valence-corrected chi connectivity index (χ3v) is 10.9. The summed E-state index contributed by atoms with van der Waals surface area (Å²) in [6, 6.07) is 33.9. The minimum absolute atomic E-state index is 0.757. The summed E-state index contributed by atoms with van der Waals surface area (Å²) in [4.78, 5) is 0. The molecule has 0 amide bonds. The highest BCUT2D eigenvalue weighted by Gasteiger charge is 2.44. The Kier molecular flexibility index (Phi) is 8.71. The van der Waals surface area contributed by atoms with Crippen LogP contribution in [0.25, 0.3) is 0 Å². The maximum absolute atomic E-state index is 2.47. The molecule has 0 saturated carbocycles. The molecule has 0 aliphatic rings. The molecular formula is C29H38P+. The van der Waals surface area contributed by atoms with Crippen LogP contribution < -0.4 is 15.9 Å². The summed E-state index contributed by atoms with van der Waals surface area (Å²) in [7, 11) is -1.67. The van der Waals surface area contributed by atoms with Crippen molar-refractivity contribution in [3.63, 3.8) is 0 Å². The molecule has 0 saturated heterocycles. The first-order valence-electron chi connectivity index (χ1n) is 11.7. The summed E-state index contributed by atoms with van der Waals surface area (Å²) < 4.78 is 0. The van der Waals surface area contributed by atoms with Crippen molar-refractivity contribution < 1.29 is 0 Å². The average Bonchev–Trinajstić information content (AvgIpc) is 2.80. The molecule has 1 heteroatoms. The van der Waals surface area contributed by atoms with Gasteiger partial charge in [-0.2, -0.15) is 0 Å². The molecule has 30 heavy (non-hydrogen) atoms. The van der Waals surface area contributed by atoms with Gasteiger partial charge >= 0.3 is 0 Å². The molecule has 0 bridgehead atoms. The molecule has 0 aliphatic carbocycles. The van der Waals surface area contributed by atoms with E-state index in [0.717, 1.165) is 11.8 Å². The van der Waals surface area contributed by atoms with E-state index in [4.69, 9.17) is 0 Å².